The lowest BCUT2D eigenvalue weighted by molar-refractivity contribution is -0.161. The molecule has 0 aliphatic rings. The smallest absolute Gasteiger partial charge is 0.462 e. The molecule has 17 nitrogen and oxygen atoms in total. The van der Waals surface area contributed by atoms with E-state index in [2.05, 4.69) is 180 Å². The molecule has 3 N–H and O–H groups in total. The Bertz CT molecular complexity index is 2750. The molecule has 0 aromatic carbocycles. The Morgan fingerprint density at radius 2 is 0.491 bits per heavy atom. The van der Waals surface area contributed by atoms with Gasteiger partial charge in [0.2, 0.25) is 0 Å². The second kappa shape index (κ2) is 81.4. The van der Waals surface area contributed by atoms with Gasteiger partial charge in [0.25, 0.3) is 0 Å². The van der Waals surface area contributed by atoms with Gasteiger partial charge in [-0.3, -0.25) is 37.3 Å². The van der Waals surface area contributed by atoms with Crippen molar-refractivity contribution in [3.05, 3.63) is 170 Å². The van der Waals surface area contributed by atoms with Crippen molar-refractivity contribution < 1.29 is 80.2 Å². The van der Waals surface area contributed by atoms with Crippen LogP contribution in [0.3, 0.4) is 0 Å². The van der Waals surface area contributed by atoms with Gasteiger partial charge in [0.15, 0.2) is 12.2 Å². The third kappa shape index (κ3) is 80.5. The predicted octanol–water partition coefficient (Wildman–Crippen LogP) is 25.3. The molecule has 0 spiro atoms. The highest BCUT2D eigenvalue weighted by Gasteiger charge is 2.30. The predicted molar refractivity (Wildman–Crippen MR) is 454 cm³/mol. The fraction of sp³-hybridized carbons (Fsp3) is 0.648. The second-order valence-electron chi connectivity index (χ2n) is 27.6. The van der Waals surface area contributed by atoms with Gasteiger partial charge in [-0.05, 0) is 141 Å². The van der Waals surface area contributed by atoms with Crippen LogP contribution in [-0.4, -0.2) is 96.7 Å². The molecular weight excluding hydrogens is 1430 g/mol. The largest absolute Gasteiger partial charge is 0.472 e. The summed E-state index contributed by atoms with van der Waals surface area (Å²) < 4.78 is 68.7. The summed E-state index contributed by atoms with van der Waals surface area (Å²) in [6.45, 7) is 4.43. The molecule has 110 heavy (non-hydrogen) atoms. The normalized spacial score (nSPS) is 14.6. The molecule has 19 heteroatoms. The molecule has 0 bridgehead atoms. The first kappa shape index (κ1) is 104. The molecule has 0 radical (unpaired) electrons. The Kier molecular flexibility index (Phi) is 77.3. The van der Waals surface area contributed by atoms with E-state index in [0.29, 0.717) is 32.1 Å². The zero-order chi connectivity index (χ0) is 80.3. The maximum atomic E-state index is 13.1. The summed E-state index contributed by atoms with van der Waals surface area (Å²) in [4.78, 5) is 73.2. The average molecular weight is 1580 g/mol. The van der Waals surface area contributed by atoms with Crippen molar-refractivity contribution >= 4 is 39.5 Å². The Labute approximate surface area is 667 Å². The molecule has 0 aliphatic carbocycles. The maximum absolute atomic E-state index is 13.1. The minimum Gasteiger partial charge on any atom is -0.462 e. The van der Waals surface area contributed by atoms with Gasteiger partial charge in [0.1, 0.15) is 19.3 Å². The van der Waals surface area contributed by atoms with Crippen LogP contribution in [0.25, 0.3) is 0 Å². The third-order valence-corrected chi connectivity index (χ3v) is 19.1. The second-order valence-corrected chi connectivity index (χ2v) is 30.5. The standard InChI is InChI=1S/C91H150O17P2/c1-5-9-13-17-21-25-29-33-37-40-42-45-49-52-56-60-64-68-72-76-89(94)102-82-87(108-91(96)78-74-70-66-62-58-54-50-46-43-41-38-34-30-26-22-18-14-10-6-2)84-106-110(99,100)104-80-85(92)79-103-109(97,98)105-83-86(107-90(95)77-73-69-65-61-57-53-47-36-32-28-24-20-16-12-8-4)81-101-88(93)75-71-67-63-59-55-51-48-44-39-35-31-27-23-19-15-11-7-3/h9-11,13-15,21-23,25-27,33-35,37-39,42-43,45-46,52,54,56,58,64,68,85-87,92H,5-8,12,16-20,24,28-32,36,40-41,44,47-51,53,55,57,59-63,65-67,69-84H2,1-4H3,(H,97,98)(H,99,100)/b13-9-,14-10-,15-11-,25-21-,26-22-,27-23-,37-33-,38-34-,39-35-,45-42-,46-43-,56-52-,58-54-,68-64-. The van der Waals surface area contributed by atoms with Gasteiger partial charge < -0.3 is 33.8 Å². The third-order valence-electron chi connectivity index (χ3n) is 17.2. The molecule has 0 aliphatic heterocycles. The Balaban J connectivity index is 5.49. The molecule has 5 atom stereocenters. The molecule has 5 unspecified atom stereocenters. The first-order chi connectivity index (χ1) is 53.7. The van der Waals surface area contributed by atoms with E-state index in [-0.39, 0.29) is 25.7 Å². The first-order valence-corrected chi connectivity index (χ1v) is 45.4. The number of aliphatic hydroxyl groups excluding tert-OH is 1. The summed E-state index contributed by atoms with van der Waals surface area (Å²) in [6.07, 6.45) is 97.6. The van der Waals surface area contributed by atoms with Crippen LogP contribution in [0.2, 0.25) is 0 Å². The van der Waals surface area contributed by atoms with Gasteiger partial charge in [-0.2, -0.15) is 0 Å². The van der Waals surface area contributed by atoms with Gasteiger partial charge in [-0.1, -0.05) is 326 Å². The number of hydrogen-bond acceptors (Lipinski definition) is 15. The number of unbranched alkanes of at least 4 members (excludes halogenated alkanes) is 24. The first-order valence-electron chi connectivity index (χ1n) is 42.4. The fourth-order valence-electron chi connectivity index (χ4n) is 10.9. The molecule has 0 fully saturated rings. The van der Waals surface area contributed by atoms with Crippen LogP contribution in [0, 0.1) is 0 Å². The summed E-state index contributed by atoms with van der Waals surface area (Å²) in [7, 11) is -10.0. The van der Waals surface area contributed by atoms with Crippen LogP contribution >= 0.6 is 15.6 Å². The fourth-order valence-corrected chi connectivity index (χ4v) is 12.5. The van der Waals surface area contributed by atoms with Crippen molar-refractivity contribution in [1.82, 2.24) is 0 Å². The topological polar surface area (TPSA) is 237 Å². The summed E-state index contributed by atoms with van der Waals surface area (Å²) in [6, 6.07) is 0. The van der Waals surface area contributed by atoms with E-state index in [1.165, 1.54) is 64.2 Å². The lowest BCUT2D eigenvalue weighted by Gasteiger charge is -2.21. The van der Waals surface area contributed by atoms with E-state index in [1.807, 2.05) is 18.2 Å². The summed E-state index contributed by atoms with van der Waals surface area (Å²) in [5, 5.41) is 10.7. The zero-order valence-corrected chi connectivity index (χ0v) is 70.4. The number of carbonyl (C=O) groups is 4. The van der Waals surface area contributed by atoms with E-state index >= 15 is 0 Å². The summed E-state index contributed by atoms with van der Waals surface area (Å²) in [5.74, 6) is -2.32. The van der Waals surface area contributed by atoms with E-state index < -0.39 is 97.5 Å². The lowest BCUT2D eigenvalue weighted by Crippen LogP contribution is -2.30. The Morgan fingerprint density at radius 1 is 0.264 bits per heavy atom. The minimum absolute atomic E-state index is 0.0228. The van der Waals surface area contributed by atoms with E-state index in [0.717, 1.165) is 173 Å². The molecule has 626 valence electrons. The molecular formula is C91H150O17P2. The van der Waals surface area contributed by atoms with Crippen LogP contribution < -0.4 is 0 Å². The maximum Gasteiger partial charge on any atom is 0.472 e. The number of phosphoric acid groups is 2. The number of hydrogen-bond donors (Lipinski definition) is 3. The SMILES string of the molecule is CC/C=C\C/C=C\C/C=C\C/C=C\C/C=C\C/C=C\CCC(=O)OCC(COP(=O)(O)OCC(O)COP(=O)(O)OCC(COC(=O)CCCCCCCCC/C=C\C/C=C\C/C=C\CC)OC(=O)CCCCCCCCCCCCCCCCC)OC(=O)CCCCC/C=C\C/C=C\C/C=C\C/C=C\C/C=C\CC. The highest BCUT2D eigenvalue weighted by atomic mass is 31.2. The van der Waals surface area contributed by atoms with Crippen molar-refractivity contribution in [2.24, 2.45) is 0 Å². The molecule has 0 aromatic rings. The quantitative estimate of drug-likeness (QED) is 0.0169. The van der Waals surface area contributed by atoms with Crippen molar-refractivity contribution in [1.29, 1.82) is 0 Å². The molecule has 0 rings (SSSR count). The lowest BCUT2D eigenvalue weighted by atomic mass is 10.0. The van der Waals surface area contributed by atoms with Crippen molar-refractivity contribution in [2.75, 3.05) is 39.6 Å². The molecule has 0 aromatic heterocycles. The molecule has 0 amide bonds. The average Bonchev–Trinajstić information content (AvgIpc) is 0.900. The highest BCUT2D eigenvalue weighted by molar-refractivity contribution is 7.47. The summed E-state index contributed by atoms with van der Waals surface area (Å²) in [5.41, 5.74) is 0. The zero-order valence-electron chi connectivity index (χ0n) is 68.6. The minimum atomic E-state index is -5.01. The Hall–Kier alpha value is -5.58. The van der Waals surface area contributed by atoms with E-state index in [9.17, 15) is 43.2 Å². The number of rotatable bonds is 78. The number of allylic oxidation sites excluding steroid dienone is 28. The van der Waals surface area contributed by atoms with Gasteiger partial charge in [-0.15, -0.1) is 0 Å². The molecule has 0 saturated carbocycles. The van der Waals surface area contributed by atoms with Gasteiger partial charge in [0, 0.05) is 25.7 Å². The van der Waals surface area contributed by atoms with Crippen molar-refractivity contribution in [2.45, 2.75) is 341 Å². The molecule has 0 heterocycles. The van der Waals surface area contributed by atoms with Gasteiger partial charge in [-0.25, -0.2) is 9.13 Å². The van der Waals surface area contributed by atoms with E-state index in [1.54, 1.807) is 0 Å². The number of esters is 4. The Morgan fingerprint density at radius 3 is 0.791 bits per heavy atom. The van der Waals surface area contributed by atoms with Crippen LogP contribution in [0.5, 0.6) is 0 Å². The monoisotopic (exact) mass is 1580 g/mol. The van der Waals surface area contributed by atoms with Crippen molar-refractivity contribution in [3.63, 3.8) is 0 Å². The van der Waals surface area contributed by atoms with Crippen LogP contribution in [0.4, 0.5) is 0 Å². The molecule has 0 saturated heterocycles. The number of ether oxygens (including phenoxy) is 4. The van der Waals surface area contributed by atoms with Crippen LogP contribution in [0.15, 0.2) is 170 Å². The highest BCUT2D eigenvalue weighted by Crippen LogP contribution is 2.45. The van der Waals surface area contributed by atoms with Gasteiger partial charge >= 0.3 is 39.5 Å². The van der Waals surface area contributed by atoms with Crippen molar-refractivity contribution in [3.8, 4) is 0 Å². The number of aliphatic hydroxyl groups is 1. The van der Waals surface area contributed by atoms with Crippen LogP contribution in [0.1, 0.15) is 323 Å². The van der Waals surface area contributed by atoms with E-state index in [4.69, 9.17) is 37.0 Å². The number of phosphoric ester groups is 2. The number of carbonyl (C=O) groups excluding carboxylic acids is 4. The summed E-state index contributed by atoms with van der Waals surface area (Å²) >= 11 is 0. The van der Waals surface area contributed by atoms with Crippen LogP contribution in [-0.2, 0) is 65.4 Å². The van der Waals surface area contributed by atoms with Gasteiger partial charge in [0.05, 0.1) is 26.4 Å².